The lowest BCUT2D eigenvalue weighted by Crippen LogP contribution is -2.20. The van der Waals surface area contributed by atoms with E-state index in [4.69, 9.17) is 11.6 Å². The monoisotopic (exact) mass is 482 g/mol. The number of phenolic OH excluding ortho intramolecular Hbond substituents is 1. The Labute approximate surface area is 199 Å². The first-order chi connectivity index (χ1) is 16.3. The third-order valence-corrected chi connectivity index (χ3v) is 6.35. The molecule has 1 aliphatic rings. The van der Waals surface area contributed by atoms with Crippen LogP contribution in [0.3, 0.4) is 0 Å². The van der Waals surface area contributed by atoms with E-state index in [0.717, 1.165) is 0 Å². The molecule has 5 rings (SSSR count). The number of rotatable bonds is 4. The van der Waals surface area contributed by atoms with Gasteiger partial charge in [-0.05, 0) is 53.9 Å². The van der Waals surface area contributed by atoms with Gasteiger partial charge in [0.1, 0.15) is 23.6 Å². The maximum absolute atomic E-state index is 14.7. The number of nitrogens with zero attached hydrogens (tertiary/aromatic N) is 4. The minimum absolute atomic E-state index is 0.121. The molecule has 4 aromatic rings. The van der Waals surface area contributed by atoms with Crippen molar-refractivity contribution in [2.24, 2.45) is 7.05 Å². The van der Waals surface area contributed by atoms with Gasteiger partial charge in [0.15, 0.2) is 0 Å². The summed E-state index contributed by atoms with van der Waals surface area (Å²) in [5.74, 6) is -0.0850. The predicted molar refractivity (Wildman–Crippen MR) is 128 cm³/mol. The molecule has 1 atom stereocenters. The van der Waals surface area contributed by atoms with Crippen LogP contribution in [0.1, 0.15) is 6.42 Å². The number of aryl methyl sites for hydroxylation is 1. The fourth-order valence-electron chi connectivity index (χ4n) is 4.24. The van der Waals surface area contributed by atoms with Crippen LogP contribution in [-0.4, -0.2) is 38.5 Å². The smallest absolute Gasteiger partial charge is 0.332 e. The van der Waals surface area contributed by atoms with Crippen LogP contribution in [0.2, 0.25) is 5.02 Å². The minimum atomic E-state index is -0.904. The van der Waals surface area contributed by atoms with Gasteiger partial charge in [0.25, 0.3) is 0 Å². The standard InChI is InChI=1S/C25H21ClF2N4O2/c1-30-8-9-32(25(30)34)22-3-2-15(10-21(22)26)19-12-18(28)13-20(24(19)33)16-4-6-29-23(11-16)31-7-5-17(27)14-31/h2-4,6,8-13,17,33H,5,7,14H2,1H3/t17-/m1/s1. The van der Waals surface area contributed by atoms with Gasteiger partial charge in [-0.2, -0.15) is 0 Å². The summed E-state index contributed by atoms with van der Waals surface area (Å²) >= 11 is 6.46. The lowest BCUT2D eigenvalue weighted by atomic mass is 9.97. The van der Waals surface area contributed by atoms with Crippen LogP contribution in [0.5, 0.6) is 5.75 Å². The normalized spacial score (nSPS) is 15.8. The number of imidazole rings is 1. The van der Waals surface area contributed by atoms with Crippen molar-refractivity contribution >= 4 is 17.4 Å². The van der Waals surface area contributed by atoms with Gasteiger partial charge in [-0.25, -0.2) is 18.6 Å². The van der Waals surface area contributed by atoms with Gasteiger partial charge in [0, 0.05) is 43.3 Å². The lowest BCUT2D eigenvalue weighted by Gasteiger charge is -2.18. The molecule has 34 heavy (non-hydrogen) atoms. The Morgan fingerprint density at radius 3 is 2.44 bits per heavy atom. The average Bonchev–Trinajstić information content (AvgIpc) is 3.40. The molecule has 3 heterocycles. The molecule has 1 saturated heterocycles. The third kappa shape index (κ3) is 3.94. The number of alkyl halides is 1. The fourth-order valence-corrected chi connectivity index (χ4v) is 4.51. The average molecular weight is 483 g/mol. The highest BCUT2D eigenvalue weighted by atomic mass is 35.5. The Bertz CT molecular complexity index is 1450. The highest BCUT2D eigenvalue weighted by Crippen LogP contribution is 2.41. The van der Waals surface area contributed by atoms with E-state index in [1.165, 1.54) is 21.3 Å². The highest BCUT2D eigenvalue weighted by Gasteiger charge is 2.23. The first-order valence-corrected chi connectivity index (χ1v) is 11.1. The Hall–Kier alpha value is -3.65. The zero-order valence-electron chi connectivity index (χ0n) is 18.3. The molecule has 2 aromatic heterocycles. The minimum Gasteiger partial charge on any atom is -0.507 e. The van der Waals surface area contributed by atoms with Crippen molar-refractivity contribution in [3.05, 3.63) is 82.4 Å². The summed E-state index contributed by atoms with van der Waals surface area (Å²) in [4.78, 5) is 18.4. The van der Waals surface area contributed by atoms with Crippen LogP contribution in [0.15, 0.2) is 65.8 Å². The second kappa shape index (κ2) is 8.61. The zero-order chi connectivity index (χ0) is 24.0. The maximum Gasteiger partial charge on any atom is 0.332 e. The summed E-state index contributed by atoms with van der Waals surface area (Å²) in [5, 5.41) is 11.4. The number of halogens is 3. The van der Waals surface area contributed by atoms with Crippen LogP contribution in [-0.2, 0) is 7.05 Å². The van der Waals surface area contributed by atoms with E-state index in [0.29, 0.717) is 35.6 Å². The van der Waals surface area contributed by atoms with Crippen molar-refractivity contribution in [1.82, 2.24) is 14.1 Å². The molecular formula is C25H21ClF2N4O2. The van der Waals surface area contributed by atoms with E-state index < -0.39 is 12.0 Å². The molecule has 0 aliphatic carbocycles. The number of benzene rings is 2. The molecule has 0 bridgehead atoms. The van der Waals surface area contributed by atoms with Gasteiger partial charge in [-0.3, -0.25) is 4.57 Å². The van der Waals surface area contributed by atoms with Crippen molar-refractivity contribution in [3.63, 3.8) is 0 Å². The Morgan fingerprint density at radius 1 is 1.09 bits per heavy atom. The predicted octanol–water partition coefficient (Wildman–Crippen LogP) is 4.95. The third-order valence-electron chi connectivity index (χ3n) is 6.05. The van der Waals surface area contributed by atoms with Gasteiger partial charge < -0.3 is 14.6 Å². The largest absolute Gasteiger partial charge is 0.507 e. The maximum atomic E-state index is 14.7. The summed E-state index contributed by atoms with van der Waals surface area (Å²) in [6, 6.07) is 10.8. The summed E-state index contributed by atoms with van der Waals surface area (Å²) in [6.07, 6.45) is 4.32. The number of aromatic nitrogens is 3. The van der Waals surface area contributed by atoms with Crippen LogP contribution >= 0.6 is 11.6 Å². The molecule has 9 heteroatoms. The number of pyridine rings is 1. The molecular weight excluding hydrogens is 462 g/mol. The summed E-state index contributed by atoms with van der Waals surface area (Å²) < 4.78 is 31.1. The highest BCUT2D eigenvalue weighted by molar-refractivity contribution is 6.32. The topological polar surface area (TPSA) is 63.3 Å². The second-order valence-corrected chi connectivity index (χ2v) is 8.72. The molecule has 0 radical (unpaired) electrons. The Kier molecular flexibility index (Phi) is 5.61. The molecule has 1 fully saturated rings. The van der Waals surface area contributed by atoms with Crippen LogP contribution in [0.4, 0.5) is 14.6 Å². The molecule has 0 spiro atoms. The van der Waals surface area contributed by atoms with Gasteiger partial charge in [0.2, 0.25) is 0 Å². The zero-order valence-corrected chi connectivity index (χ0v) is 19.0. The van der Waals surface area contributed by atoms with Gasteiger partial charge in [-0.15, -0.1) is 0 Å². The van der Waals surface area contributed by atoms with E-state index in [2.05, 4.69) is 4.98 Å². The molecule has 174 valence electrons. The number of anilines is 1. The number of hydrogen-bond donors (Lipinski definition) is 1. The fraction of sp³-hybridized carbons (Fsp3) is 0.200. The second-order valence-electron chi connectivity index (χ2n) is 8.31. The molecule has 2 aromatic carbocycles. The first kappa shape index (κ1) is 22.2. The van der Waals surface area contributed by atoms with Crippen LogP contribution in [0.25, 0.3) is 27.9 Å². The number of phenols is 1. The molecule has 0 unspecified atom stereocenters. The first-order valence-electron chi connectivity index (χ1n) is 10.7. The molecule has 1 N–H and O–H groups in total. The number of aromatic hydroxyl groups is 1. The van der Waals surface area contributed by atoms with Crippen molar-refractivity contribution in [3.8, 4) is 33.7 Å². The summed E-state index contributed by atoms with van der Waals surface area (Å²) in [5.41, 5.74) is 1.81. The van der Waals surface area contributed by atoms with Crippen LogP contribution in [0, 0.1) is 5.82 Å². The summed E-state index contributed by atoms with van der Waals surface area (Å²) in [7, 11) is 1.64. The van der Waals surface area contributed by atoms with Gasteiger partial charge in [-0.1, -0.05) is 17.7 Å². The Morgan fingerprint density at radius 2 is 1.82 bits per heavy atom. The van der Waals surface area contributed by atoms with E-state index in [9.17, 15) is 18.7 Å². The van der Waals surface area contributed by atoms with E-state index in [1.807, 2.05) is 4.90 Å². The van der Waals surface area contributed by atoms with Crippen molar-refractivity contribution in [2.75, 3.05) is 18.0 Å². The lowest BCUT2D eigenvalue weighted by molar-refractivity contribution is 0.364. The number of hydrogen-bond acceptors (Lipinski definition) is 4. The quantitative estimate of drug-likeness (QED) is 0.447. The van der Waals surface area contributed by atoms with Crippen molar-refractivity contribution in [2.45, 2.75) is 12.6 Å². The molecule has 0 saturated carbocycles. The Balaban J connectivity index is 1.55. The van der Waals surface area contributed by atoms with E-state index in [-0.39, 0.29) is 34.1 Å². The molecule has 1 aliphatic heterocycles. The van der Waals surface area contributed by atoms with E-state index >= 15 is 0 Å². The molecule has 6 nitrogen and oxygen atoms in total. The van der Waals surface area contributed by atoms with Crippen LogP contribution < -0.4 is 10.6 Å². The van der Waals surface area contributed by atoms with E-state index in [1.54, 1.807) is 56.0 Å². The van der Waals surface area contributed by atoms with Gasteiger partial charge >= 0.3 is 5.69 Å². The SMILES string of the molecule is Cn1ccn(-c2ccc(-c3cc(F)cc(-c4ccnc(N5CC[C@@H](F)C5)c4)c3O)cc2Cl)c1=O. The molecule has 0 amide bonds. The summed E-state index contributed by atoms with van der Waals surface area (Å²) in [6.45, 7) is 0.805. The van der Waals surface area contributed by atoms with Crippen molar-refractivity contribution in [1.29, 1.82) is 0 Å². The van der Waals surface area contributed by atoms with Crippen molar-refractivity contribution < 1.29 is 13.9 Å². The van der Waals surface area contributed by atoms with Gasteiger partial charge in [0.05, 0.1) is 17.3 Å².